The molecule has 1 aromatic carbocycles. The van der Waals surface area contributed by atoms with Gasteiger partial charge in [0.25, 0.3) is 0 Å². The highest BCUT2D eigenvalue weighted by atomic mass is 19.4. The fourth-order valence-corrected chi connectivity index (χ4v) is 2.20. The molecule has 0 saturated carbocycles. The zero-order valence-electron chi connectivity index (χ0n) is 15.5. The van der Waals surface area contributed by atoms with Crippen LogP contribution < -0.4 is 5.32 Å². The minimum absolute atomic E-state index is 0.0585. The number of rotatable bonds is 4. The number of alkyl halides is 3. The molecule has 0 bridgehead atoms. The number of hydrogen-bond acceptors (Lipinski definition) is 4. The molecule has 1 N–H and O–H groups in total. The maximum absolute atomic E-state index is 12.7. The molecule has 0 saturated heterocycles. The summed E-state index contributed by atoms with van der Waals surface area (Å²) in [6.07, 6.45) is -5.11. The summed E-state index contributed by atoms with van der Waals surface area (Å²) in [5, 5.41) is 1.73. The van der Waals surface area contributed by atoms with Gasteiger partial charge in [0.05, 0.1) is 0 Å². The van der Waals surface area contributed by atoms with E-state index in [1.54, 1.807) is 33.0 Å². The normalized spacial score (nSPS) is 14.3. The fourth-order valence-electron chi connectivity index (χ4n) is 2.20. The first-order valence-electron chi connectivity index (χ1n) is 7.83. The van der Waals surface area contributed by atoms with Gasteiger partial charge in [0, 0.05) is 11.3 Å². The number of halogens is 3. The lowest BCUT2D eigenvalue weighted by Crippen LogP contribution is -2.45. The van der Waals surface area contributed by atoms with Gasteiger partial charge < -0.3 is 10.1 Å². The molecule has 0 fully saturated rings. The Morgan fingerprint density at radius 1 is 1.04 bits per heavy atom. The summed E-state index contributed by atoms with van der Waals surface area (Å²) >= 11 is 0. The first-order valence-corrected chi connectivity index (χ1v) is 7.83. The largest absolute Gasteiger partial charge is 0.471 e. The van der Waals surface area contributed by atoms with Crippen molar-refractivity contribution >= 4 is 23.3 Å². The van der Waals surface area contributed by atoms with Crippen LogP contribution >= 0.6 is 0 Å². The van der Waals surface area contributed by atoms with Crippen molar-refractivity contribution in [1.29, 1.82) is 0 Å². The van der Waals surface area contributed by atoms with Gasteiger partial charge in [-0.25, -0.2) is 0 Å². The van der Waals surface area contributed by atoms with Crippen molar-refractivity contribution < 1.29 is 32.3 Å². The molecule has 0 aliphatic carbocycles. The van der Waals surface area contributed by atoms with Crippen LogP contribution in [-0.2, 0) is 24.5 Å². The lowest BCUT2D eigenvalue weighted by Gasteiger charge is -2.31. The highest BCUT2D eigenvalue weighted by molar-refractivity contribution is 6.10. The topological polar surface area (TPSA) is 72.5 Å². The van der Waals surface area contributed by atoms with Crippen LogP contribution in [0.3, 0.4) is 0 Å². The molecule has 1 atom stereocenters. The number of anilines is 1. The number of esters is 1. The third kappa shape index (κ3) is 4.83. The first kappa shape index (κ1) is 21.7. The highest BCUT2D eigenvalue weighted by Crippen LogP contribution is 2.35. The third-order valence-corrected chi connectivity index (χ3v) is 3.73. The molecular formula is C18H22F3NO4. The number of carbonyl (C=O) groups is 3. The molecule has 0 spiro atoms. The smallest absolute Gasteiger partial charge is 0.459 e. The van der Waals surface area contributed by atoms with Gasteiger partial charge >= 0.3 is 18.1 Å². The summed E-state index contributed by atoms with van der Waals surface area (Å²) < 4.78 is 43.1. The van der Waals surface area contributed by atoms with Crippen LogP contribution in [0.5, 0.6) is 0 Å². The van der Waals surface area contributed by atoms with Crippen molar-refractivity contribution in [2.24, 2.45) is 0 Å². The molecule has 0 heterocycles. The Labute approximate surface area is 149 Å². The SMILES string of the molecule is CC(=O)[C@](C)(C(=O)OC(C)(C)C)c1cc(C)ccc1NC(=O)C(F)(F)F. The van der Waals surface area contributed by atoms with Crippen molar-refractivity contribution in [1.82, 2.24) is 0 Å². The van der Waals surface area contributed by atoms with Crippen LogP contribution in [-0.4, -0.2) is 29.4 Å². The number of aryl methyl sites for hydroxylation is 1. The number of benzene rings is 1. The van der Waals surface area contributed by atoms with Crippen LogP contribution in [0, 0.1) is 6.92 Å². The molecule has 0 unspecified atom stereocenters. The summed E-state index contributed by atoms with van der Waals surface area (Å²) in [5.41, 5.74) is -2.53. The maximum Gasteiger partial charge on any atom is 0.471 e. The van der Waals surface area contributed by atoms with Crippen LogP contribution in [0.25, 0.3) is 0 Å². The summed E-state index contributed by atoms with van der Waals surface area (Å²) in [5.74, 6) is -3.73. The number of ketones is 1. The highest BCUT2D eigenvalue weighted by Gasteiger charge is 2.46. The van der Waals surface area contributed by atoms with E-state index in [1.165, 1.54) is 25.1 Å². The van der Waals surface area contributed by atoms with Crippen molar-refractivity contribution in [3.05, 3.63) is 29.3 Å². The standard InChI is InChI=1S/C18H22F3NO4/c1-10-7-8-13(22-14(24)18(19,20)21)12(9-10)17(6,11(2)23)15(25)26-16(3,4)5/h7-9H,1-6H3,(H,22,24)/t17-/m0/s1. The van der Waals surface area contributed by atoms with Crippen LogP contribution in [0.1, 0.15) is 45.7 Å². The molecule has 0 aromatic heterocycles. The van der Waals surface area contributed by atoms with E-state index in [-0.39, 0.29) is 11.3 Å². The van der Waals surface area contributed by atoms with Crippen LogP contribution in [0.4, 0.5) is 18.9 Å². The van der Waals surface area contributed by atoms with E-state index in [0.29, 0.717) is 5.56 Å². The van der Waals surface area contributed by atoms with E-state index in [1.807, 2.05) is 0 Å². The van der Waals surface area contributed by atoms with Gasteiger partial charge in [0.1, 0.15) is 11.0 Å². The second-order valence-electron chi connectivity index (χ2n) is 7.18. The lowest BCUT2D eigenvalue weighted by atomic mass is 9.77. The Kier molecular flexibility index (Phi) is 5.91. The Morgan fingerprint density at radius 3 is 2.00 bits per heavy atom. The Balaban J connectivity index is 3.52. The second kappa shape index (κ2) is 7.09. The predicted octanol–water partition coefficient (Wildman–Crippen LogP) is 3.68. The number of amides is 1. The zero-order valence-corrected chi connectivity index (χ0v) is 15.5. The van der Waals surface area contributed by atoms with Gasteiger partial charge in [0.2, 0.25) is 0 Å². The van der Waals surface area contributed by atoms with E-state index in [4.69, 9.17) is 4.74 Å². The number of ether oxygens (including phenoxy) is 1. The zero-order chi connectivity index (χ0) is 20.5. The molecule has 1 aromatic rings. The third-order valence-electron chi connectivity index (χ3n) is 3.73. The van der Waals surface area contributed by atoms with Crippen LogP contribution in [0.2, 0.25) is 0 Å². The molecule has 1 rings (SSSR count). The van der Waals surface area contributed by atoms with Crippen molar-refractivity contribution in [3.63, 3.8) is 0 Å². The molecule has 8 heteroatoms. The molecule has 144 valence electrons. The molecule has 0 aliphatic heterocycles. The monoisotopic (exact) mass is 373 g/mol. The minimum Gasteiger partial charge on any atom is -0.459 e. The van der Waals surface area contributed by atoms with Gasteiger partial charge in [-0.2, -0.15) is 13.2 Å². The molecular weight excluding hydrogens is 351 g/mol. The quantitative estimate of drug-likeness (QED) is 0.645. The van der Waals surface area contributed by atoms with Crippen molar-refractivity contribution in [2.45, 2.75) is 58.7 Å². The Hall–Kier alpha value is -2.38. The van der Waals surface area contributed by atoms with Crippen LogP contribution in [0.15, 0.2) is 18.2 Å². The average Bonchev–Trinajstić information content (AvgIpc) is 2.45. The van der Waals surface area contributed by atoms with E-state index >= 15 is 0 Å². The number of Topliss-reactive ketones (excluding diaryl/α,β-unsaturated/α-hetero) is 1. The summed E-state index contributed by atoms with van der Waals surface area (Å²) in [7, 11) is 0. The Bertz CT molecular complexity index is 735. The molecule has 0 aliphatic rings. The molecule has 5 nitrogen and oxygen atoms in total. The average molecular weight is 373 g/mol. The predicted molar refractivity (Wildman–Crippen MR) is 89.7 cm³/mol. The molecule has 1 amide bonds. The van der Waals surface area contributed by atoms with Crippen molar-refractivity contribution in [3.8, 4) is 0 Å². The van der Waals surface area contributed by atoms with Gasteiger partial charge in [-0.15, -0.1) is 0 Å². The Morgan fingerprint density at radius 2 is 1.58 bits per heavy atom. The summed E-state index contributed by atoms with van der Waals surface area (Å²) in [6.45, 7) is 8.87. The molecule has 0 radical (unpaired) electrons. The van der Waals surface area contributed by atoms with E-state index < -0.39 is 34.9 Å². The fraction of sp³-hybridized carbons (Fsp3) is 0.500. The number of carbonyl (C=O) groups excluding carboxylic acids is 3. The molecule has 26 heavy (non-hydrogen) atoms. The maximum atomic E-state index is 12.7. The number of nitrogens with one attached hydrogen (secondary N) is 1. The first-order chi connectivity index (χ1) is 11.6. The van der Waals surface area contributed by atoms with E-state index in [0.717, 1.165) is 6.92 Å². The number of hydrogen-bond donors (Lipinski definition) is 1. The van der Waals surface area contributed by atoms with E-state index in [9.17, 15) is 27.6 Å². The van der Waals surface area contributed by atoms with Gasteiger partial charge in [-0.1, -0.05) is 17.7 Å². The second-order valence-corrected chi connectivity index (χ2v) is 7.18. The summed E-state index contributed by atoms with van der Waals surface area (Å²) in [6, 6.07) is 4.07. The van der Waals surface area contributed by atoms with Gasteiger partial charge in [-0.3, -0.25) is 14.4 Å². The van der Waals surface area contributed by atoms with Gasteiger partial charge in [-0.05, 0) is 47.6 Å². The lowest BCUT2D eigenvalue weighted by molar-refractivity contribution is -0.167. The van der Waals surface area contributed by atoms with E-state index in [2.05, 4.69) is 0 Å². The summed E-state index contributed by atoms with van der Waals surface area (Å²) in [4.78, 5) is 36.3. The van der Waals surface area contributed by atoms with Gasteiger partial charge in [0.15, 0.2) is 5.78 Å². The minimum atomic E-state index is -5.11. The van der Waals surface area contributed by atoms with Crippen molar-refractivity contribution in [2.75, 3.05) is 5.32 Å².